The van der Waals surface area contributed by atoms with E-state index in [9.17, 15) is 9.59 Å². The predicted molar refractivity (Wildman–Crippen MR) is 59.4 cm³/mol. The molecule has 0 heterocycles. The van der Waals surface area contributed by atoms with E-state index in [-0.39, 0.29) is 30.4 Å². The molecule has 0 aromatic heterocycles. The molecular formula is C10H21N3O2. The Morgan fingerprint density at radius 2 is 1.73 bits per heavy atom. The first-order valence-corrected chi connectivity index (χ1v) is 5.08. The van der Waals surface area contributed by atoms with E-state index in [4.69, 9.17) is 0 Å². The molecule has 0 aromatic carbocycles. The molecular weight excluding hydrogens is 194 g/mol. The van der Waals surface area contributed by atoms with Crippen LogP contribution in [0.4, 0.5) is 0 Å². The number of hydrogen-bond acceptors (Lipinski definition) is 3. The lowest BCUT2D eigenvalue weighted by Crippen LogP contribution is -2.46. The fraction of sp³-hybridized carbons (Fsp3) is 0.800. The van der Waals surface area contributed by atoms with Crippen LogP contribution in [0.2, 0.25) is 0 Å². The molecule has 15 heavy (non-hydrogen) atoms. The fourth-order valence-corrected chi connectivity index (χ4v) is 1.09. The van der Waals surface area contributed by atoms with Crippen molar-refractivity contribution in [1.82, 2.24) is 15.5 Å². The van der Waals surface area contributed by atoms with E-state index in [1.807, 2.05) is 13.8 Å². The van der Waals surface area contributed by atoms with Gasteiger partial charge in [-0.05, 0) is 20.8 Å². The average molecular weight is 215 g/mol. The Morgan fingerprint density at radius 1 is 1.20 bits per heavy atom. The van der Waals surface area contributed by atoms with Crippen LogP contribution >= 0.6 is 0 Å². The maximum Gasteiger partial charge on any atom is 0.238 e. The Kier molecular flexibility index (Phi) is 5.93. The van der Waals surface area contributed by atoms with E-state index in [0.29, 0.717) is 0 Å². The first kappa shape index (κ1) is 13.9. The fourth-order valence-electron chi connectivity index (χ4n) is 1.09. The van der Waals surface area contributed by atoms with Gasteiger partial charge in [-0.25, -0.2) is 0 Å². The second kappa shape index (κ2) is 6.40. The molecule has 2 amide bonds. The van der Waals surface area contributed by atoms with Gasteiger partial charge in [-0.3, -0.25) is 14.9 Å². The number of hydrogen-bond donors (Lipinski definition) is 2. The maximum atomic E-state index is 11.4. The van der Waals surface area contributed by atoms with E-state index in [1.165, 1.54) is 4.90 Å². The molecule has 0 aliphatic carbocycles. The molecule has 0 fully saturated rings. The summed E-state index contributed by atoms with van der Waals surface area (Å²) in [6.07, 6.45) is 0. The van der Waals surface area contributed by atoms with Crippen molar-refractivity contribution >= 4 is 11.8 Å². The third-order valence-corrected chi connectivity index (χ3v) is 1.83. The van der Waals surface area contributed by atoms with Crippen LogP contribution in [-0.4, -0.2) is 49.4 Å². The minimum Gasteiger partial charge on any atom is -0.353 e. The number of carbonyl (C=O) groups excluding carboxylic acids is 2. The van der Waals surface area contributed by atoms with Crippen LogP contribution in [0.3, 0.4) is 0 Å². The van der Waals surface area contributed by atoms with Gasteiger partial charge in [0.25, 0.3) is 0 Å². The molecule has 0 aromatic rings. The Hall–Kier alpha value is -1.10. The van der Waals surface area contributed by atoms with E-state index >= 15 is 0 Å². The highest BCUT2D eigenvalue weighted by Gasteiger charge is 2.15. The smallest absolute Gasteiger partial charge is 0.238 e. The molecule has 88 valence electrons. The zero-order valence-electron chi connectivity index (χ0n) is 10.1. The molecule has 1 atom stereocenters. The van der Waals surface area contributed by atoms with Crippen LogP contribution in [-0.2, 0) is 9.59 Å². The summed E-state index contributed by atoms with van der Waals surface area (Å²) in [6.45, 7) is 5.70. The summed E-state index contributed by atoms with van der Waals surface area (Å²) in [4.78, 5) is 24.2. The Morgan fingerprint density at radius 3 is 2.13 bits per heavy atom. The quantitative estimate of drug-likeness (QED) is 0.654. The van der Waals surface area contributed by atoms with E-state index in [0.717, 1.165) is 0 Å². The van der Waals surface area contributed by atoms with Gasteiger partial charge in [0.2, 0.25) is 11.8 Å². The van der Waals surface area contributed by atoms with Gasteiger partial charge >= 0.3 is 0 Å². The third-order valence-electron chi connectivity index (χ3n) is 1.83. The van der Waals surface area contributed by atoms with E-state index in [1.54, 1.807) is 21.0 Å². The Balaban J connectivity index is 3.85. The van der Waals surface area contributed by atoms with Crippen LogP contribution in [0.1, 0.15) is 20.8 Å². The highest BCUT2D eigenvalue weighted by Crippen LogP contribution is 1.87. The highest BCUT2D eigenvalue weighted by atomic mass is 16.2. The summed E-state index contributed by atoms with van der Waals surface area (Å²) in [7, 11) is 3.38. The van der Waals surface area contributed by atoms with Crippen molar-refractivity contribution in [2.75, 3.05) is 20.6 Å². The van der Waals surface area contributed by atoms with Crippen LogP contribution in [0, 0.1) is 0 Å². The Labute approximate surface area is 91.2 Å². The van der Waals surface area contributed by atoms with Crippen molar-refractivity contribution in [2.24, 2.45) is 0 Å². The van der Waals surface area contributed by atoms with Crippen molar-refractivity contribution in [3.05, 3.63) is 0 Å². The first-order valence-electron chi connectivity index (χ1n) is 5.08. The molecule has 0 spiro atoms. The van der Waals surface area contributed by atoms with Gasteiger partial charge in [0, 0.05) is 20.1 Å². The third kappa shape index (κ3) is 6.06. The molecule has 0 aliphatic rings. The normalized spacial score (nSPS) is 12.4. The van der Waals surface area contributed by atoms with Crippen molar-refractivity contribution in [3.8, 4) is 0 Å². The van der Waals surface area contributed by atoms with Gasteiger partial charge in [-0.1, -0.05) is 0 Å². The number of nitrogens with one attached hydrogen (secondary N) is 2. The summed E-state index contributed by atoms with van der Waals surface area (Å²) in [5, 5.41) is 5.61. The Bertz CT molecular complexity index is 227. The number of likely N-dealkylation sites (N-methyl/N-ethyl adjacent to an activating group) is 1. The SMILES string of the molecule is CC(C)NC(=O)CNC(C)C(=O)N(C)C. The molecule has 0 aliphatic heterocycles. The molecule has 5 heteroatoms. The number of rotatable bonds is 5. The molecule has 0 saturated carbocycles. The van der Waals surface area contributed by atoms with Gasteiger partial charge in [-0.2, -0.15) is 0 Å². The summed E-state index contributed by atoms with van der Waals surface area (Å²) in [5.41, 5.74) is 0. The largest absolute Gasteiger partial charge is 0.353 e. The lowest BCUT2D eigenvalue weighted by atomic mass is 10.3. The zero-order valence-corrected chi connectivity index (χ0v) is 10.1. The minimum absolute atomic E-state index is 0.0349. The van der Waals surface area contributed by atoms with Gasteiger partial charge in [0.05, 0.1) is 12.6 Å². The highest BCUT2D eigenvalue weighted by molar-refractivity contribution is 5.83. The number of nitrogens with zero attached hydrogens (tertiary/aromatic N) is 1. The minimum atomic E-state index is -0.335. The summed E-state index contributed by atoms with van der Waals surface area (Å²) >= 11 is 0. The topological polar surface area (TPSA) is 61.4 Å². The summed E-state index contributed by atoms with van der Waals surface area (Å²) in [5.74, 6) is -0.129. The van der Waals surface area contributed by atoms with Crippen molar-refractivity contribution < 1.29 is 9.59 Å². The molecule has 0 radical (unpaired) electrons. The van der Waals surface area contributed by atoms with Crippen molar-refractivity contribution in [2.45, 2.75) is 32.9 Å². The lowest BCUT2D eigenvalue weighted by Gasteiger charge is -2.18. The molecule has 0 saturated heterocycles. The lowest BCUT2D eigenvalue weighted by molar-refractivity contribution is -0.130. The van der Waals surface area contributed by atoms with Crippen LogP contribution in [0.25, 0.3) is 0 Å². The van der Waals surface area contributed by atoms with Crippen LogP contribution < -0.4 is 10.6 Å². The number of carbonyl (C=O) groups is 2. The van der Waals surface area contributed by atoms with Gasteiger partial charge in [-0.15, -0.1) is 0 Å². The second-order valence-electron chi connectivity index (χ2n) is 4.06. The monoisotopic (exact) mass is 215 g/mol. The summed E-state index contributed by atoms with van der Waals surface area (Å²) in [6, 6.07) is -0.211. The van der Waals surface area contributed by atoms with Gasteiger partial charge in [0.15, 0.2) is 0 Å². The van der Waals surface area contributed by atoms with Gasteiger partial charge in [0.1, 0.15) is 0 Å². The second-order valence-corrected chi connectivity index (χ2v) is 4.06. The van der Waals surface area contributed by atoms with E-state index < -0.39 is 0 Å². The van der Waals surface area contributed by atoms with Gasteiger partial charge < -0.3 is 10.2 Å². The van der Waals surface area contributed by atoms with Crippen molar-refractivity contribution in [3.63, 3.8) is 0 Å². The molecule has 0 rings (SSSR count). The molecule has 0 bridgehead atoms. The van der Waals surface area contributed by atoms with E-state index in [2.05, 4.69) is 10.6 Å². The molecule has 2 N–H and O–H groups in total. The van der Waals surface area contributed by atoms with Crippen molar-refractivity contribution in [1.29, 1.82) is 0 Å². The maximum absolute atomic E-state index is 11.4. The predicted octanol–water partition coefficient (Wildman–Crippen LogP) is -0.423. The molecule has 5 nitrogen and oxygen atoms in total. The zero-order chi connectivity index (χ0) is 12.0. The van der Waals surface area contributed by atoms with Crippen LogP contribution in [0.5, 0.6) is 0 Å². The number of amides is 2. The summed E-state index contributed by atoms with van der Waals surface area (Å²) < 4.78 is 0. The average Bonchev–Trinajstić information content (AvgIpc) is 2.11. The van der Waals surface area contributed by atoms with Crippen LogP contribution in [0.15, 0.2) is 0 Å². The molecule has 1 unspecified atom stereocenters. The standard InChI is InChI=1S/C10H21N3O2/c1-7(2)12-9(14)6-11-8(3)10(15)13(4)5/h7-8,11H,6H2,1-5H3,(H,12,14). The first-order chi connectivity index (χ1) is 6.84.